The largest absolute Gasteiger partial charge is 0.487 e. The van der Waals surface area contributed by atoms with Crippen LogP contribution in [0.4, 0.5) is 0 Å². The summed E-state index contributed by atoms with van der Waals surface area (Å²) in [6, 6.07) is 1.51. The molecule has 2 aromatic rings. The summed E-state index contributed by atoms with van der Waals surface area (Å²) < 4.78 is 7.52. The van der Waals surface area contributed by atoms with E-state index in [1.54, 1.807) is 10.9 Å². The summed E-state index contributed by atoms with van der Waals surface area (Å²) in [6.45, 7) is 3.83. The molecule has 0 aliphatic heterocycles. The number of aromatic nitrogens is 3. The predicted octanol–water partition coefficient (Wildman–Crippen LogP) is 2.63. The number of aromatic carboxylic acids is 1. The molecule has 110 valence electrons. The lowest BCUT2D eigenvalue weighted by molar-refractivity contribution is 0.0690. The molecule has 1 N–H and O–H groups in total. The van der Waals surface area contributed by atoms with E-state index in [-0.39, 0.29) is 11.8 Å². The van der Waals surface area contributed by atoms with E-state index in [1.165, 1.54) is 25.1 Å². The van der Waals surface area contributed by atoms with Crippen LogP contribution in [0.2, 0.25) is 0 Å². The highest BCUT2D eigenvalue weighted by molar-refractivity contribution is 5.86. The summed E-state index contributed by atoms with van der Waals surface area (Å²) in [5.41, 5.74) is 1.68. The van der Waals surface area contributed by atoms with Crippen LogP contribution in [0, 0.1) is 0 Å². The lowest BCUT2D eigenvalue weighted by atomic mass is 10.3. The standard InChI is InChI=1S/C15H17N3O3/c1-9(2)21-14-6-16-11(15(19)20)5-13(14)18-7-12(17-8-18)10-3-4-10/h5-10H,3-4H2,1-2H3,(H,19,20). The first kappa shape index (κ1) is 13.6. The van der Waals surface area contributed by atoms with Gasteiger partial charge in [-0.05, 0) is 32.8 Å². The number of carboxylic acid groups (broad SMARTS) is 1. The second-order valence-electron chi connectivity index (χ2n) is 5.49. The van der Waals surface area contributed by atoms with E-state index in [4.69, 9.17) is 9.84 Å². The number of ether oxygens (including phenoxy) is 1. The van der Waals surface area contributed by atoms with Crippen molar-refractivity contribution in [3.8, 4) is 11.4 Å². The maximum atomic E-state index is 11.1. The van der Waals surface area contributed by atoms with Gasteiger partial charge in [-0.25, -0.2) is 14.8 Å². The van der Waals surface area contributed by atoms with E-state index >= 15 is 0 Å². The van der Waals surface area contributed by atoms with Gasteiger partial charge >= 0.3 is 5.97 Å². The van der Waals surface area contributed by atoms with Crippen molar-refractivity contribution in [1.29, 1.82) is 0 Å². The van der Waals surface area contributed by atoms with Crippen LogP contribution in [0.5, 0.6) is 5.75 Å². The molecule has 1 aliphatic rings. The van der Waals surface area contributed by atoms with Crippen LogP contribution in [-0.4, -0.2) is 31.7 Å². The second-order valence-corrected chi connectivity index (χ2v) is 5.49. The van der Waals surface area contributed by atoms with Crippen LogP contribution in [0.15, 0.2) is 24.8 Å². The molecule has 2 heterocycles. The van der Waals surface area contributed by atoms with Crippen molar-refractivity contribution in [3.05, 3.63) is 36.2 Å². The molecule has 0 atom stereocenters. The van der Waals surface area contributed by atoms with E-state index in [0.29, 0.717) is 17.4 Å². The van der Waals surface area contributed by atoms with Gasteiger partial charge in [0, 0.05) is 12.1 Å². The molecule has 0 amide bonds. The van der Waals surface area contributed by atoms with Crippen molar-refractivity contribution < 1.29 is 14.6 Å². The number of hydrogen-bond donors (Lipinski definition) is 1. The number of hydrogen-bond acceptors (Lipinski definition) is 4. The Balaban J connectivity index is 2.02. The first-order chi connectivity index (χ1) is 10.0. The zero-order valence-corrected chi connectivity index (χ0v) is 12.0. The van der Waals surface area contributed by atoms with Crippen molar-refractivity contribution in [2.45, 2.75) is 38.7 Å². The predicted molar refractivity (Wildman–Crippen MR) is 76.1 cm³/mol. The summed E-state index contributed by atoms with van der Waals surface area (Å²) >= 11 is 0. The highest BCUT2D eigenvalue weighted by Crippen LogP contribution is 2.39. The van der Waals surface area contributed by atoms with Crippen LogP contribution in [0.3, 0.4) is 0 Å². The van der Waals surface area contributed by atoms with Gasteiger partial charge in [-0.1, -0.05) is 0 Å². The fourth-order valence-corrected chi connectivity index (χ4v) is 2.16. The van der Waals surface area contributed by atoms with Crippen LogP contribution >= 0.6 is 0 Å². The number of rotatable bonds is 5. The molecule has 6 heteroatoms. The Hall–Kier alpha value is -2.37. The van der Waals surface area contributed by atoms with Gasteiger partial charge in [0.2, 0.25) is 0 Å². The maximum Gasteiger partial charge on any atom is 0.354 e. The van der Waals surface area contributed by atoms with Gasteiger partial charge < -0.3 is 14.4 Å². The summed E-state index contributed by atoms with van der Waals surface area (Å²) in [6.07, 6.45) is 7.41. The molecule has 1 aliphatic carbocycles. The maximum absolute atomic E-state index is 11.1. The number of nitrogens with zero attached hydrogens (tertiary/aromatic N) is 3. The zero-order chi connectivity index (χ0) is 15.0. The van der Waals surface area contributed by atoms with Gasteiger partial charge in [0.1, 0.15) is 0 Å². The Labute approximate surface area is 122 Å². The molecular weight excluding hydrogens is 270 g/mol. The third-order valence-corrected chi connectivity index (χ3v) is 3.30. The third-order valence-electron chi connectivity index (χ3n) is 3.30. The summed E-state index contributed by atoms with van der Waals surface area (Å²) in [5, 5.41) is 9.10. The molecule has 1 fully saturated rings. The number of imidazole rings is 1. The third kappa shape index (κ3) is 2.89. The fourth-order valence-electron chi connectivity index (χ4n) is 2.16. The fraction of sp³-hybridized carbons (Fsp3) is 0.400. The minimum absolute atomic E-state index is 0.0113. The Bertz CT molecular complexity index is 675. The molecule has 3 rings (SSSR count). The Morgan fingerprint density at radius 3 is 2.81 bits per heavy atom. The summed E-state index contributed by atoms with van der Waals surface area (Å²) in [5.74, 6) is 0.0334. The molecular formula is C15H17N3O3. The summed E-state index contributed by atoms with van der Waals surface area (Å²) in [7, 11) is 0. The van der Waals surface area contributed by atoms with Crippen molar-refractivity contribution in [1.82, 2.24) is 14.5 Å². The topological polar surface area (TPSA) is 77.2 Å². The SMILES string of the molecule is CC(C)Oc1cnc(C(=O)O)cc1-n1cnc(C2CC2)c1. The van der Waals surface area contributed by atoms with Gasteiger partial charge in [0.05, 0.1) is 30.0 Å². The monoisotopic (exact) mass is 287 g/mol. The number of carboxylic acids is 1. The first-order valence-electron chi connectivity index (χ1n) is 6.99. The molecule has 1 saturated carbocycles. The quantitative estimate of drug-likeness (QED) is 0.914. The average molecular weight is 287 g/mol. The molecule has 21 heavy (non-hydrogen) atoms. The van der Waals surface area contributed by atoms with Gasteiger partial charge in [-0.2, -0.15) is 0 Å². The second kappa shape index (κ2) is 5.20. The van der Waals surface area contributed by atoms with E-state index < -0.39 is 5.97 Å². The number of carbonyl (C=O) groups is 1. The van der Waals surface area contributed by atoms with Gasteiger partial charge in [0.15, 0.2) is 11.4 Å². The van der Waals surface area contributed by atoms with E-state index in [9.17, 15) is 4.79 Å². The number of pyridine rings is 1. The minimum atomic E-state index is -1.06. The van der Waals surface area contributed by atoms with Crippen LogP contribution < -0.4 is 4.74 Å². The van der Waals surface area contributed by atoms with Crippen molar-refractivity contribution >= 4 is 5.97 Å². The normalized spacial score (nSPS) is 14.4. The Morgan fingerprint density at radius 1 is 1.43 bits per heavy atom. The minimum Gasteiger partial charge on any atom is -0.487 e. The van der Waals surface area contributed by atoms with Crippen molar-refractivity contribution in [2.24, 2.45) is 0 Å². The van der Waals surface area contributed by atoms with Gasteiger partial charge in [-0.15, -0.1) is 0 Å². The Kier molecular flexibility index (Phi) is 3.37. The smallest absolute Gasteiger partial charge is 0.354 e. The molecule has 2 aromatic heterocycles. The average Bonchev–Trinajstić information content (AvgIpc) is 3.16. The lowest BCUT2D eigenvalue weighted by Gasteiger charge is -2.14. The molecule has 0 saturated heterocycles. The highest BCUT2D eigenvalue weighted by atomic mass is 16.5. The molecule has 0 radical (unpaired) electrons. The molecule has 0 spiro atoms. The van der Waals surface area contributed by atoms with E-state index in [0.717, 1.165) is 5.69 Å². The zero-order valence-electron chi connectivity index (χ0n) is 12.0. The van der Waals surface area contributed by atoms with Gasteiger partial charge in [-0.3, -0.25) is 0 Å². The summed E-state index contributed by atoms with van der Waals surface area (Å²) in [4.78, 5) is 19.4. The molecule has 0 unspecified atom stereocenters. The van der Waals surface area contributed by atoms with E-state index in [2.05, 4.69) is 9.97 Å². The molecule has 6 nitrogen and oxygen atoms in total. The van der Waals surface area contributed by atoms with Crippen LogP contribution in [-0.2, 0) is 0 Å². The highest BCUT2D eigenvalue weighted by Gasteiger charge is 2.26. The van der Waals surface area contributed by atoms with E-state index in [1.807, 2.05) is 20.0 Å². The molecule has 0 aromatic carbocycles. The molecule has 0 bridgehead atoms. The van der Waals surface area contributed by atoms with Crippen molar-refractivity contribution in [2.75, 3.05) is 0 Å². The first-order valence-corrected chi connectivity index (χ1v) is 6.99. The Morgan fingerprint density at radius 2 is 2.19 bits per heavy atom. The van der Waals surface area contributed by atoms with Gasteiger partial charge in [0.25, 0.3) is 0 Å². The van der Waals surface area contributed by atoms with Crippen LogP contribution in [0.25, 0.3) is 5.69 Å². The van der Waals surface area contributed by atoms with Crippen molar-refractivity contribution in [3.63, 3.8) is 0 Å². The van der Waals surface area contributed by atoms with Crippen LogP contribution in [0.1, 0.15) is 48.8 Å². The lowest BCUT2D eigenvalue weighted by Crippen LogP contribution is -2.10.